The van der Waals surface area contributed by atoms with Crippen molar-refractivity contribution >= 4 is 0 Å². The van der Waals surface area contributed by atoms with E-state index >= 15 is 0 Å². The Hall–Kier alpha value is -2.08. The molecule has 0 amide bonds. The molecule has 1 saturated heterocycles. The highest BCUT2D eigenvalue weighted by atomic mass is 16.5. The van der Waals surface area contributed by atoms with Crippen LogP contribution in [0.25, 0.3) is 0 Å². The van der Waals surface area contributed by atoms with Crippen LogP contribution < -0.4 is 14.8 Å². The van der Waals surface area contributed by atoms with E-state index in [9.17, 15) is 0 Å². The quantitative estimate of drug-likeness (QED) is 0.682. The summed E-state index contributed by atoms with van der Waals surface area (Å²) < 4.78 is 17.6. The minimum atomic E-state index is 0.111. The molecule has 1 aliphatic rings. The van der Waals surface area contributed by atoms with Gasteiger partial charge in [0.25, 0.3) is 0 Å². The van der Waals surface area contributed by atoms with Crippen LogP contribution in [0, 0.1) is 13.8 Å². The van der Waals surface area contributed by atoms with E-state index in [1.807, 2.05) is 36.4 Å². The van der Waals surface area contributed by atoms with Crippen LogP contribution in [-0.4, -0.2) is 63.5 Å². The third-order valence-corrected chi connectivity index (χ3v) is 5.03. The Labute approximate surface area is 168 Å². The summed E-state index contributed by atoms with van der Waals surface area (Å²) in [5, 5.41) is 3.61. The molecule has 2 aromatic rings. The van der Waals surface area contributed by atoms with Crippen LogP contribution >= 0.6 is 0 Å². The Morgan fingerprint density at radius 3 is 1.96 bits per heavy atom. The number of nitrogens with zero attached hydrogens (tertiary/aromatic N) is 1. The molecule has 0 saturated carbocycles. The molecule has 1 aliphatic heterocycles. The Balaban J connectivity index is 1.52. The summed E-state index contributed by atoms with van der Waals surface area (Å²) in [6.45, 7) is 10.9. The Morgan fingerprint density at radius 1 is 0.893 bits per heavy atom. The van der Waals surface area contributed by atoms with Gasteiger partial charge in [-0.25, -0.2) is 0 Å². The zero-order chi connectivity index (χ0) is 19.6. The van der Waals surface area contributed by atoms with Crippen molar-refractivity contribution in [3.8, 4) is 11.5 Å². The SMILES string of the molecule is Cc1ccccc1OCC(COc1ccccc1C)NCCN1CCOCC1. The molecule has 5 heteroatoms. The van der Waals surface area contributed by atoms with E-state index < -0.39 is 0 Å². The molecular formula is C23H32N2O3. The first-order chi connectivity index (χ1) is 13.7. The number of benzene rings is 2. The summed E-state index contributed by atoms with van der Waals surface area (Å²) in [7, 11) is 0. The highest BCUT2D eigenvalue weighted by Gasteiger charge is 2.14. The molecule has 0 spiro atoms. The smallest absolute Gasteiger partial charge is 0.122 e. The molecule has 0 aliphatic carbocycles. The standard InChI is InChI=1S/C23H32N2O3/c1-19-7-3-5-9-22(19)27-17-21(18-28-23-10-6-4-8-20(23)2)24-11-12-25-13-15-26-16-14-25/h3-10,21,24H,11-18H2,1-2H3. The van der Waals surface area contributed by atoms with Gasteiger partial charge in [-0.05, 0) is 37.1 Å². The summed E-state index contributed by atoms with van der Waals surface area (Å²) in [6.07, 6.45) is 0. The number of hydrogen-bond acceptors (Lipinski definition) is 5. The predicted molar refractivity (Wildman–Crippen MR) is 112 cm³/mol. The van der Waals surface area contributed by atoms with Crippen LogP contribution in [0.3, 0.4) is 0 Å². The minimum absolute atomic E-state index is 0.111. The summed E-state index contributed by atoms with van der Waals surface area (Å²) in [4.78, 5) is 2.43. The highest BCUT2D eigenvalue weighted by molar-refractivity contribution is 5.32. The maximum absolute atomic E-state index is 6.08. The van der Waals surface area contributed by atoms with E-state index in [0.29, 0.717) is 13.2 Å². The van der Waals surface area contributed by atoms with Gasteiger partial charge in [0.15, 0.2) is 0 Å². The van der Waals surface area contributed by atoms with Gasteiger partial charge in [0.2, 0.25) is 0 Å². The van der Waals surface area contributed by atoms with E-state index in [0.717, 1.165) is 62.0 Å². The van der Waals surface area contributed by atoms with Gasteiger partial charge in [-0.3, -0.25) is 4.90 Å². The van der Waals surface area contributed by atoms with Gasteiger partial charge in [0.1, 0.15) is 24.7 Å². The second-order valence-corrected chi connectivity index (χ2v) is 7.26. The minimum Gasteiger partial charge on any atom is -0.492 e. The van der Waals surface area contributed by atoms with Crippen LogP contribution in [0.5, 0.6) is 11.5 Å². The molecule has 1 fully saturated rings. The number of morpholine rings is 1. The van der Waals surface area contributed by atoms with Crippen molar-refractivity contribution in [2.45, 2.75) is 19.9 Å². The number of rotatable bonds is 10. The van der Waals surface area contributed by atoms with Crippen LogP contribution in [0.1, 0.15) is 11.1 Å². The fourth-order valence-electron chi connectivity index (χ4n) is 3.24. The molecule has 152 valence electrons. The number of hydrogen-bond donors (Lipinski definition) is 1. The number of nitrogens with one attached hydrogen (secondary N) is 1. The fraction of sp³-hybridized carbons (Fsp3) is 0.478. The fourth-order valence-corrected chi connectivity index (χ4v) is 3.24. The second-order valence-electron chi connectivity index (χ2n) is 7.26. The maximum Gasteiger partial charge on any atom is 0.122 e. The molecular weight excluding hydrogens is 352 g/mol. The van der Waals surface area contributed by atoms with Gasteiger partial charge >= 0.3 is 0 Å². The lowest BCUT2D eigenvalue weighted by atomic mass is 10.2. The average Bonchev–Trinajstić information content (AvgIpc) is 2.72. The molecule has 1 N–H and O–H groups in total. The molecule has 0 radical (unpaired) electrons. The van der Waals surface area contributed by atoms with Crippen molar-refractivity contribution in [1.82, 2.24) is 10.2 Å². The number of aryl methyl sites for hydroxylation is 2. The van der Waals surface area contributed by atoms with E-state index in [1.54, 1.807) is 0 Å². The largest absolute Gasteiger partial charge is 0.492 e. The van der Waals surface area contributed by atoms with E-state index in [2.05, 4.69) is 36.2 Å². The van der Waals surface area contributed by atoms with E-state index in [4.69, 9.17) is 14.2 Å². The van der Waals surface area contributed by atoms with Crippen molar-refractivity contribution in [2.75, 3.05) is 52.6 Å². The molecule has 1 heterocycles. The van der Waals surface area contributed by atoms with Gasteiger partial charge in [0.05, 0.1) is 19.3 Å². The molecule has 5 nitrogen and oxygen atoms in total. The Bertz CT molecular complexity index is 667. The monoisotopic (exact) mass is 384 g/mol. The topological polar surface area (TPSA) is 43.0 Å². The molecule has 0 aromatic heterocycles. The maximum atomic E-state index is 6.08. The van der Waals surface area contributed by atoms with Gasteiger partial charge in [-0.15, -0.1) is 0 Å². The molecule has 3 rings (SSSR count). The molecule has 0 bridgehead atoms. The lowest BCUT2D eigenvalue weighted by molar-refractivity contribution is 0.0376. The lowest BCUT2D eigenvalue weighted by Crippen LogP contribution is -2.45. The highest BCUT2D eigenvalue weighted by Crippen LogP contribution is 2.18. The first-order valence-electron chi connectivity index (χ1n) is 10.1. The van der Waals surface area contributed by atoms with Crippen LogP contribution in [0.2, 0.25) is 0 Å². The predicted octanol–water partition coefficient (Wildman–Crippen LogP) is 3.05. The first-order valence-corrected chi connectivity index (χ1v) is 10.1. The second kappa shape index (κ2) is 11.1. The van der Waals surface area contributed by atoms with Crippen molar-refractivity contribution in [2.24, 2.45) is 0 Å². The summed E-state index contributed by atoms with van der Waals surface area (Å²) in [5.74, 6) is 1.86. The third kappa shape index (κ3) is 6.51. The number of ether oxygens (including phenoxy) is 3. The Kier molecular flexibility index (Phi) is 8.15. The first kappa shape index (κ1) is 20.6. The van der Waals surface area contributed by atoms with Crippen LogP contribution in [-0.2, 0) is 4.74 Å². The van der Waals surface area contributed by atoms with Crippen LogP contribution in [0.4, 0.5) is 0 Å². The Morgan fingerprint density at radius 2 is 1.43 bits per heavy atom. The van der Waals surface area contributed by atoms with Gasteiger partial charge in [-0.1, -0.05) is 36.4 Å². The molecule has 0 unspecified atom stereocenters. The van der Waals surface area contributed by atoms with Crippen molar-refractivity contribution < 1.29 is 14.2 Å². The van der Waals surface area contributed by atoms with Crippen molar-refractivity contribution in [1.29, 1.82) is 0 Å². The zero-order valence-corrected chi connectivity index (χ0v) is 17.0. The summed E-state index contributed by atoms with van der Waals surface area (Å²) >= 11 is 0. The average molecular weight is 385 g/mol. The molecule has 0 atom stereocenters. The molecule has 28 heavy (non-hydrogen) atoms. The van der Waals surface area contributed by atoms with Gasteiger partial charge in [0, 0.05) is 26.2 Å². The lowest BCUT2D eigenvalue weighted by Gasteiger charge is -2.28. The van der Waals surface area contributed by atoms with E-state index in [-0.39, 0.29) is 6.04 Å². The third-order valence-electron chi connectivity index (χ3n) is 5.03. The van der Waals surface area contributed by atoms with Crippen molar-refractivity contribution in [3.05, 3.63) is 59.7 Å². The van der Waals surface area contributed by atoms with Gasteiger partial charge in [-0.2, -0.15) is 0 Å². The van der Waals surface area contributed by atoms with Gasteiger partial charge < -0.3 is 19.5 Å². The summed E-state index contributed by atoms with van der Waals surface area (Å²) in [5.41, 5.74) is 2.30. The normalized spacial score (nSPS) is 15.0. The number of para-hydroxylation sites is 2. The van der Waals surface area contributed by atoms with Crippen LogP contribution in [0.15, 0.2) is 48.5 Å². The molecule has 2 aromatic carbocycles. The van der Waals surface area contributed by atoms with E-state index in [1.165, 1.54) is 0 Å². The zero-order valence-electron chi connectivity index (χ0n) is 17.0. The van der Waals surface area contributed by atoms with Crippen molar-refractivity contribution in [3.63, 3.8) is 0 Å². The summed E-state index contributed by atoms with van der Waals surface area (Å²) in [6, 6.07) is 16.4.